The zero-order valence-electron chi connectivity index (χ0n) is 16.8. The van der Waals surface area contributed by atoms with E-state index < -0.39 is 0 Å². The number of amides is 1. The van der Waals surface area contributed by atoms with Gasteiger partial charge in [-0.1, -0.05) is 29.5 Å². The van der Waals surface area contributed by atoms with Crippen LogP contribution in [0.3, 0.4) is 0 Å². The number of nitrogens with one attached hydrogen (secondary N) is 1. The molecule has 3 aromatic rings. The molecule has 7 heteroatoms. The second kappa shape index (κ2) is 9.22. The van der Waals surface area contributed by atoms with E-state index in [1.807, 2.05) is 30.3 Å². The zero-order valence-corrected chi connectivity index (χ0v) is 17.6. The average molecular weight is 410 g/mol. The zero-order chi connectivity index (χ0) is 20.1. The SMILES string of the molecule is CN(CCCNC(=O)[C@H]1CCCN(c2nc3cccnc3s2)C1)c1ccccc1. The molecule has 1 N–H and O–H groups in total. The molecule has 0 bridgehead atoms. The molecule has 1 aliphatic heterocycles. The van der Waals surface area contributed by atoms with Gasteiger partial charge in [0, 0.05) is 45.1 Å². The summed E-state index contributed by atoms with van der Waals surface area (Å²) in [5.74, 6) is 0.187. The number of piperidine rings is 1. The minimum atomic E-state index is 0.0237. The molecule has 3 heterocycles. The largest absolute Gasteiger partial charge is 0.375 e. The monoisotopic (exact) mass is 409 g/mol. The number of pyridine rings is 1. The minimum absolute atomic E-state index is 0.0237. The van der Waals surface area contributed by atoms with Crippen LogP contribution in [0.4, 0.5) is 10.8 Å². The molecule has 29 heavy (non-hydrogen) atoms. The Kier molecular flexibility index (Phi) is 6.24. The van der Waals surface area contributed by atoms with E-state index in [9.17, 15) is 4.79 Å². The summed E-state index contributed by atoms with van der Waals surface area (Å²) in [6.45, 7) is 3.30. The molecule has 1 aromatic carbocycles. The first-order valence-electron chi connectivity index (χ1n) is 10.2. The van der Waals surface area contributed by atoms with Crippen molar-refractivity contribution in [3.8, 4) is 0 Å². The van der Waals surface area contributed by atoms with Crippen molar-refractivity contribution in [1.29, 1.82) is 0 Å². The van der Waals surface area contributed by atoms with Crippen LogP contribution < -0.4 is 15.1 Å². The predicted octanol–water partition coefficient (Wildman–Crippen LogP) is 3.55. The molecule has 1 saturated heterocycles. The van der Waals surface area contributed by atoms with E-state index in [2.05, 4.69) is 39.3 Å². The van der Waals surface area contributed by atoms with Crippen molar-refractivity contribution in [1.82, 2.24) is 15.3 Å². The van der Waals surface area contributed by atoms with Gasteiger partial charge in [-0.2, -0.15) is 0 Å². The highest BCUT2D eigenvalue weighted by molar-refractivity contribution is 7.21. The van der Waals surface area contributed by atoms with Gasteiger partial charge in [0.2, 0.25) is 5.91 Å². The van der Waals surface area contributed by atoms with Crippen LogP contribution in [-0.4, -0.2) is 49.1 Å². The minimum Gasteiger partial charge on any atom is -0.375 e. The third-order valence-corrected chi connectivity index (χ3v) is 6.42. The van der Waals surface area contributed by atoms with Crippen molar-refractivity contribution in [3.63, 3.8) is 0 Å². The lowest BCUT2D eigenvalue weighted by Gasteiger charge is -2.31. The second-order valence-electron chi connectivity index (χ2n) is 7.51. The highest BCUT2D eigenvalue weighted by atomic mass is 32.1. The number of hydrogen-bond donors (Lipinski definition) is 1. The predicted molar refractivity (Wildman–Crippen MR) is 120 cm³/mol. The van der Waals surface area contributed by atoms with Crippen LogP contribution >= 0.6 is 11.3 Å². The second-order valence-corrected chi connectivity index (χ2v) is 8.47. The smallest absolute Gasteiger partial charge is 0.224 e. The number of anilines is 2. The molecule has 152 valence electrons. The molecule has 0 aliphatic carbocycles. The molecule has 1 aliphatic rings. The van der Waals surface area contributed by atoms with Gasteiger partial charge < -0.3 is 15.1 Å². The number of aromatic nitrogens is 2. The van der Waals surface area contributed by atoms with E-state index in [0.717, 1.165) is 54.4 Å². The lowest BCUT2D eigenvalue weighted by Crippen LogP contribution is -2.43. The standard InChI is InChI=1S/C22H27N5OS/c1-26(18-9-3-2-4-10-18)14-7-13-23-20(28)17-8-6-15-27(16-17)22-25-19-11-5-12-24-21(19)29-22/h2-5,9-12,17H,6-8,13-16H2,1H3,(H,23,28)/t17-/m0/s1. The van der Waals surface area contributed by atoms with Crippen molar-refractivity contribution < 1.29 is 4.79 Å². The summed E-state index contributed by atoms with van der Waals surface area (Å²) in [6, 6.07) is 14.2. The van der Waals surface area contributed by atoms with Crippen molar-refractivity contribution in [2.75, 3.05) is 43.0 Å². The van der Waals surface area contributed by atoms with Crippen LogP contribution in [0.1, 0.15) is 19.3 Å². The number of thiazole rings is 1. The van der Waals surface area contributed by atoms with Crippen LogP contribution in [0.15, 0.2) is 48.7 Å². The number of fused-ring (bicyclic) bond motifs is 1. The Balaban J connectivity index is 1.25. The normalized spacial score (nSPS) is 16.7. The third kappa shape index (κ3) is 4.85. The molecule has 6 nitrogen and oxygen atoms in total. The maximum absolute atomic E-state index is 12.7. The van der Waals surface area contributed by atoms with Gasteiger partial charge in [0.1, 0.15) is 10.3 Å². The first-order chi connectivity index (χ1) is 14.2. The van der Waals surface area contributed by atoms with Crippen LogP contribution in [0, 0.1) is 5.92 Å². The summed E-state index contributed by atoms with van der Waals surface area (Å²) >= 11 is 1.61. The Bertz CT molecular complexity index is 912. The van der Waals surface area contributed by atoms with Gasteiger partial charge in [-0.3, -0.25) is 4.79 Å². The van der Waals surface area contributed by atoms with Crippen LogP contribution in [-0.2, 0) is 4.79 Å². The van der Waals surface area contributed by atoms with Gasteiger partial charge in [-0.15, -0.1) is 0 Å². The number of carbonyl (C=O) groups is 1. The van der Waals surface area contributed by atoms with Crippen LogP contribution in [0.25, 0.3) is 10.3 Å². The number of hydrogen-bond acceptors (Lipinski definition) is 6. The Labute approximate surface area is 175 Å². The average Bonchev–Trinajstić information content (AvgIpc) is 3.21. The molecular weight excluding hydrogens is 382 g/mol. The molecule has 0 spiro atoms. The number of benzene rings is 1. The van der Waals surface area contributed by atoms with Crippen molar-refractivity contribution >= 4 is 38.4 Å². The fourth-order valence-electron chi connectivity index (χ4n) is 3.74. The van der Waals surface area contributed by atoms with E-state index in [0.29, 0.717) is 6.54 Å². The molecule has 1 amide bonds. The third-order valence-electron chi connectivity index (χ3n) is 5.38. The summed E-state index contributed by atoms with van der Waals surface area (Å²) in [6.07, 6.45) is 4.68. The van der Waals surface area contributed by atoms with Gasteiger partial charge in [-0.05, 0) is 43.5 Å². The van der Waals surface area contributed by atoms with Gasteiger partial charge in [0.25, 0.3) is 0 Å². The summed E-state index contributed by atoms with van der Waals surface area (Å²) in [5.41, 5.74) is 2.13. The van der Waals surface area contributed by atoms with Crippen molar-refractivity contribution in [2.24, 2.45) is 5.92 Å². The van der Waals surface area contributed by atoms with Gasteiger partial charge in [-0.25, -0.2) is 9.97 Å². The van der Waals surface area contributed by atoms with Crippen molar-refractivity contribution in [2.45, 2.75) is 19.3 Å². The lowest BCUT2D eigenvalue weighted by atomic mass is 9.97. The molecular formula is C22H27N5OS. The maximum atomic E-state index is 12.7. The number of para-hydroxylation sites is 1. The Morgan fingerprint density at radius 2 is 2.14 bits per heavy atom. The Morgan fingerprint density at radius 1 is 1.28 bits per heavy atom. The quantitative estimate of drug-likeness (QED) is 0.605. The molecule has 4 rings (SSSR count). The van der Waals surface area contributed by atoms with E-state index in [1.54, 1.807) is 17.5 Å². The van der Waals surface area contributed by atoms with E-state index >= 15 is 0 Å². The van der Waals surface area contributed by atoms with Gasteiger partial charge in [0.15, 0.2) is 5.13 Å². The number of nitrogens with zero attached hydrogens (tertiary/aromatic N) is 4. The molecule has 0 radical (unpaired) electrons. The maximum Gasteiger partial charge on any atom is 0.224 e. The summed E-state index contributed by atoms with van der Waals surface area (Å²) < 4.78 is 0. The molecule has 1 fully saturated rings. The first-order valence-corrected chi connectivity index (χ1v) is 11.0. The van der Waals surface area contributed by atoms with E-state index in [4.69, 9.17) is 4.98 Å². The molecule has 2 aromatic heterocycles. The summed E-state index contributed by atoms with van der Waals surface area (Å²) in [5, 5.41) is 4.11. The number of rotatable bonds is 7. The van der Waals surface area contributed by atoms with Gasteiger partial charge in [0.05, 0.1) is 5.92 Å². The summed E-state index contributed by atoms with van der Waals surface area (Å²) in [4.78, 5) is 27.2. The summed E-state index contributed by atoms with van der Waals surface area (Å²) in [7, 11) is 2.09. The van der Waals surface area contributed by atoms with Crippen LogP contribution in [0.5, 0.6) is 0 Å². The fraction of sp³-hybridized carbons (Fsp3) is 0.409. The van der Waals surface area contributed by atoms with Gasteiger partial charge >= 0.3 is 0 Å². The highest BCUT2D eigenvalue weighted by Gasteiger charge is 2.27. The van der Waals surface area contributed by atoms with Crippen LogP contribution in [0.2, 0.25) is 0 Å². The Hall–Kier alpha value is -2.67. The van der Waals surface area contributed by atoms with E-state index in [1.165, 1.54) is 5.69 Å². The van der Waals surface area contributed by atoms with E-state index in [-0.39, 0.29) is 11.8 Å². The highest BCUT2D eigenvalue weighted by Crippen LogP contribution is 2.30. The fourth-order valence-corrected chi connectivity index (χ4v) is 4.69. The van der Waals surface area contributed by atoms with Crippen molar-refractivity contribution in [3.05, 3.63) is 48.7 Å². The number of carbonyl (C=O) groups excluding carboxylic acids is 1. The Morgan fingerprint density at radius 3 is 2.97 bits per heavy atom. The lowest BCUT2D eigenvalue weighted by molar-refractivity contribution is -0.125. The first kappa shape index (κ1) is 19.6. The molecule has 0 unspecified atom stereocenters. The topological polar surface area (TPSA) is 61.4 Å². The molecule has 0 saturated carbocycles. The molecule has 1 atom stereocenters.